The van der Waals surface area contributed by atoms with Crippen molar-refractivity contribution in [2.45, 2.75) is 37.3 Å². The van der Waals surface area contributed by atoms with Gasteiger partial charge < -0.3 is 4.90 Å². The van der Waals surface area contributed by atoms with Gasteiger partial charge in [0.15, 0.2) is 0 Å². The van der Waals surface area contributed by atoms with E-state index in [9.17, 15) is 0 Å². The van der Waals surface area contributed by atoms with Gasteiger partial charge in [0.25, 0.3) is 0 Å². The van der Waals surface area contributed by atoms with Gasteiger partial charge in [0.05, 0.1) is 0 Å². The molecule has 1 aliphatic heterocycles. The maximum absolute atomic E-state index is 3.54. The summed E-state index contributed by atoms with van der Waals surface area (Å²) in [5, 5.41) is 0.946. The van der Waals surface area contributed by atoms with Crippen molar-refractivity contribution in [1.82, 2.24) is 0 Å². The van der Waals surface area contributed by atoms with E-state index in [0.717, 1.165) is 5.33 Å². The molecule has 0 unspecified atom stereocenters. The van der Waals surface area contributed by atoms with Gasteiger partial charge in [0.1, 0.15) is 0 Å². The molecule has 0 N–H and O–H groups in total. The molecule has 0 bridgehead atoms. The van der Waals surface area contributed by atoms with Crippen LogP contribution in [0.3, 0.4) is 0 Å². The van der Waals surface area contributed by atoms with Gasteiger partial charge in [-0.1, -0.05) is 35.8 Å². The standard InChI is InChI=1S/C15H22BrNS/c1-12-10-14(5-4-13(12)11-16)17-7-6-15(2,3)18-9-8-17/h4-5,10H,6-9,11H2,1-3H3. The van der Waals surface area contributed by atoms with E-state index >= 15 is 0 Å². The molecule has 0 aliphatic carbocycles. The van der Waals surface area contributed by atoms with Gasteiger partial charge in [-0.3, -0.25) is 0 Å². The fourth-order valence-electron chi connectivity index (χ4n) is 2.31. The number of aryl methyl sites for hydroxylation is 1. The van der Waals surface area contributed by atoms with Gasteiger partial charge in [-0.15, -0.1) is 0 Å². The molecule has 1 aromatic carbocycles. The number of anilines is 1. The molecule has 0 saturated carbocycles. The van der Waals surface area contributed by atoms with E-state index in [-0.39, 0.29) is 0 Å². The van der Waals surface area contributed by atoms with Crippen LogP contribution in [-0.4, -0.2) is 23.6 Å². The number of rotatable bonds is 2. The monoisotopic (exact) mass is 327 g/mol. The molecule has 0 atom stereocenters. The summed E-state index contributed by atoms with van der Waals surface area (Å²) in [7, 11) is 0. The van der Waals surface area contributed by atoms with Gasteiger partial charge in [0, 0.05) is 34.6 Å². The highest BCUT2D eigenvalue weighted by Gasteiger charge is 2.23. The highest BCUT2D eigenvalue weighted by Crippen LogP contribution is 2.32. The zero-order valence-corrected chi connectivity index (χ0v) is 13.9. The minimum atomic E-state index is 0.430. The fourth-order valence-corrected chi connectivity index (χ4v) is 4.03. The van der Waals surface area contributed by atoms with Crippen LogP contribution in [-0.2, 0) is 5.33 Å². The summed E-state index contributed by atoms with van der Waals surface area (Å²) in [6, 6.07) is 6.86. The lowest BCUT2D eigenvalue weighted by molar-refractivity contribution is 0.637. The van der Waals surface area contributed by atoms with Crippen molar-refractivity contribution in [2.24, 2.45) is 0 Å². The highest BCUT2D eigenvalue weighted by molar-refractivity contribution is 9.08. The molecule has 3 heteroatoms. The third-order valence-corrected chi connectivity index (χ3v) is 5.65. The summed E-state index contributed by atoms with van der Waals surface area (Å²) >= 11 is 5.64. The average Bonchev–Trinajstić information content (AvgIpc) is 2.50. The first-order valence-corrected chi connectivity index (χ1v) is 8.67. The van der Waals surface area contributed by atoms with Crippen LogP contribution < -0.4 is 4.90 Å². The van der Waals surface area contributed by atoms with E-state index in [4.69, 9.17) is 0 Å². The molecule has 0 radical (unpaired) electrons. The minimum absolute atomic E-state index is 0.430. The summed E-state index contributed by atoms with van der Waals surface area (Å²) in [5.74, 6) is 1.23. The Labute approximate surface area is 123 Å². The van der Waals surface area contributed by atoms with Crippen LogP contribution in [0, 0.1) is 6.92 Å². The first-order valence-electron chi connectivity index (χ1n) is 6.56. The van der Waals surface area contributed by atoms with E-state index in [0.29, 0.717) is 4.75 Å². The predicted molar refractivity (Wildman–Crippen MR) is 87.2 cm³/mol. The van der Waals surface area contributed by atoms with Gasteiger partial charge in [-0.25, -0.2) is 0 Å². The number of alkyl halides is 1. The van der Waals surface area contributed by atoms with E-state index < -0.39 is 0 Å². The first kappa shape index (κ1) is 14.3. The molecule has 2 rings (SSSR count). The average molecular weight is 328 g/mol. The number of hydrogen-bond donors (Lipinski definition) is 0. The largest absolute Gasteiger partial charge is 0.371 e. The Morgan fingerprint density at radius 3 is 2.78 bits per heavy atom. The van der Waals surface area contributed by atoms with Crippen molar-refractivity contribution < 1.29 is 0 Å². The summed E-state index contributed by atoms with van der Waals surface area (Å²) in [4.78, 5) is 2.53. The van der Waals surface area contributed by atoms with Gasteiger partial charge in [0.2, 0.25) is 0 Å². The van der Waals surface area contributed by atoms with Crippen molar-refractivity contribution in [2.75, 3.05) is 23.7 Å². The SMILES string of the molecule is Cc1cc(N2CCSC(C)(C)CC2)ccc1CBr. The van der Waals surface area contributed by atoms with Crippen LogP contribution in [0.1, 0.15) is 31.4 Å². The second kappa shape index (κ2) is 5.87. The van der Waals surface area contributed by atoms with E-state index in [2.05, 4.69) is 71.6 Å². The van der Waals surface area contributed by atoms with Gasteiger partial charge in [-0.2, -0.15) is 11.8 Å². The maximum Gasteiger partial charge on any atom is 0.0369 e. The number of benzene rings is 1. The van der Waals surface area contributed by atoms with Crippen LogP contribution in [0.4, 0.5) is 5.69 Å². The van der Waals surface area contributed by atoms with Crippen molar-refractivity contribution in [1.29, 1.82) is 0 Å². The lowest BCUT2D eigenvalue weighted by Gasteiger charge is -2.25. The Kier molecular flexibility index (Phi) is 4.65. The Hall–Kier alpha value is -0.150. The van der Waals surface area contributed by atoms with Crippen LogP contribution in [0.2, 0.25) is 0 Å². The van der Waals surface area contributed by atoms with Crippen LogP contribution in [0.15, 0.2) is 18.2 Å². The van der Waals surface area contributed by atoms with E-state index in [1.807, 2.05) is 0 Å². The van der Waals surface area contributed by atoms with Gasteiger partial charge >= 0.3 is 0 Å². The van der Waals surface area contributed by atoms with E-state index in [1.165, 1.54) is 42.1 Å². The number of nitrogens with zero attached hydrogens (tertiary/aromatic N) is 1. The smallest absolute Gasteiger partial charge is 0.0369 e. The fraction of sp³-hybridized carbons (Fsp3) is 0.600. The van der Waals surface area contributed by atoms with Crippen molar-refractivity contribution in [3.63, 3.8) is 0 Å². The molecule has 0 amide bonds. The molecule has 0 aromatic heterocycles. The molecule has 100 valence electrons. The quantitative estimate of drug-likeness (QED) is 0.729. The Balaban J connectivity index is 2.14. The lowest BCUT2D eigenvalue weighted by Crippen LogP contribution is -2.26. The summed E-state index contributed by atoms with van der Waals surface area (Å²) in [6.45, 7) is 9.27. The van der Waals surface area contributed by atoms with Gasteiger partial charge in [-0.05, 0) is 36.6 Å². The molecule has 1 nitrogen and oxygen atoms in total. The summed E-state index contributed by atoms with van der Waals surface area (Å²) in [5.41, 5.74) is 4.17. The van der Waals surface area contributed by atoms with Crippen LogP contribution >= 0.6 is 27.7 Å². The van der Waals surface area contributed by atoms with Crippen molar-refractivity contribution in [3.8, 4) is 0 Å². The number of thioether (sulfide) groups is 1. The first-order chi connectivity index (χ1) is 8.52. The molecule has 0 spiro atoms. The number of hydrogen-bond acceptors (Lipinski definition) is 2. The highest BCUT2D eigenvalue weighted by atomic mass is 79.9. The number of halogens is 1. The molecule has 1 fully saturated rings. The molecular weight excluding hydrogens is 306 g/mol. The van der Waals surface area contributed by atoms with Crippen molar-refractivity contribution in [3.05, 3.63) is 29.3 Å². The Bertz CT molecular complexity index is 417. The molecule has 1 aliphatic rings. The third kappa shape index (κ3) is 3.45. The second-order valence-electron chi connectivity index (χ2n) is 5.59. The topological polar surface area (TPSA) is 3.24 Å². The molecular formula is C15H22BrNS. The normalized spacial score (nSPS) is 19.7. The zero-order chi connectivity index (χ0) is 13.2. The molecule has 1 heterocycles. The Morgan fingerprint density at radius 2 is 2.11 bits per heavy atom. The van der Waals surface area contributed by atoms with Crippen LogP contribution in [0.5, 0.6) is 0 Å². The van der Waals surface area contributed by atoms with E-state index in [1.54, 1.807) is 0 Å². The minimum Gasteiger partial charge on any atom is -0.371 e. The lowest BCUT2D eigenvalue weighted by atomic mass is 10.1. The second-order valence-corrected chi connectivity index (χ2v) is 7.95. The summed E-state index contributed by atoms with van der Waals surface area (Å²) in [6.07, 6.45) is 1.26. The summed E-state index contributed by atoms with van der Waals surface area (Å²) < 4.78 is 0.430. The van der Waals surface area contributed by atoms with Crippen LogP contribution in [0.25, 0.3) is 0 Å². The maximum atomic E-state index is 3.54. The third-order valence-electron chi connectivity index (χ3n) is 3.67. The molecule has 1 aromatic rings. The zero-order valence-electron chi connectivity index (χ0n) is 11.5. The van der Waals surface area contributed by atoms with Crippen molar-refractivity contribution >= 4 is 33.4 Å². The molecule has 18 heavy (non-hydrogen) atoms. The Morgan fingerprint density at radius 1 is 1.33 bits per heavy atom. The predicted octanol–water partition coefficient (Wildman–Crippen LogP) is 4.61. The molecule has 1 saturated heterocycles.